The number of nitrogens with zero attached hydrogens (tertiary/aromatic N) is 2. The molecule has 2 heteroatoms. The van der Waals surface area contributed by atoms with E-state index < -0.39 is 0 Å². The standard InChI is InChI=1S/C55H40N2.2CH4/c1-55(2)50-35-43(56(42-21-10-5-11-22-42)52-24-14-20-39-19-12-13-23-45(39)52)27-29-46(50)47-30-28-44(36-51(47)55)57-53-31-25-40(37-15-6-3-7-16-37)33-48(53)49-34-41(26-32-54(49)57)38-17-8-4-9-18-38;;/h3-36H,1-2H3;2*1H4. The van der Waals surface area contributed by atoms with Crippen molar-refractivity contribution in [2.75, 3.05) is 4.90 Å². The molecule has 1 aliphatic rings. The number of hydrogen-bond acceptors (Lipinski definition) is 1. The summed E-state index contributed by atoms with van der Waals surface area (Å²) in [6.45, 7) is 4.78. The first-order chi connectivity index (χ1) is 28.0. The fraction of sp³-hybridized carbons (Fsp3) is 0.0877. The molecular weight excluding hydrogens is 713 g/mol. The Labute approximate surface area is 348 Å². The summed E-state index contributed by atoms with van der Waals surface area (Å²) in [4.78, 5) is 2.42. The van der Waals surface area contributed by atoms with Gasteiger partial charge in [-0.05, 0) is 117 Å². The summed E-state index contributed by atoms with van der Waals surface area (Å²) < 4.78 is 2.47. The van der Waals surface area contributed by atoms with E-state index in [1.807, 2.05) is 0 Å². The third-order valence-electron chi connectivity index (χ3n) is 12.2. The molecule has 59 heavy (non-hydrogen) atoms. The van der Waals surface area contributed by atoms with Gasteiger partial charge in [0, 0.05) is 38.6 Å². The van der Waals surface area contributed by atoms with Gasteiger partial charge in [0.05, 0.1) is 16.7 Å². The third kappa shape index (κ3) is 6.03. The van der Waals surface area contributed by atoms with Crippen molar-refractivity contribution in [3.63, 3.8) is 0 Å². The predicted octanol–water partition coefficient (Wildman–Crippen LogP) is 16.3. The number of hydrogen-bond donors (Lipinski definition) is 0. The topological polar surface area (TPSA) is 8.17 Å². The average molecular weight is 761 g/mol. The molecule has 9 aromatic carbocycles. The molecule has 0 saturated carbocycles. The minimum Gasteiger partial charge on any atom is -0.310 e. The second-order valence-corrected chi connectivity index (χ2v) is 15.8. The predicted molar refractivity (Wildman–Crippen MR) is 255 cm³/mol. The molecule has 0 radical (unpaired) electrons. The highest BCUT2D eigenvalue weighted by molar-refractivity contribution is 6.12. The van der Waals surface area contributed by atoms with Gasteiger partial charge in [0.1, 0.15) is 0 Å². The van der Waals surface area contributed by atoms with Crippen molar-refractivity contribution in [1.82, 2.24) is 4.57 Å². The molecule has 0 bridgehead atoms. The molecule has 10 aromatic rings. The summed E-state index contributed by atoms with van der Waals surface area (Å²) in [5, 5.41) is 4.97. The summed E-state index contributed by atoms with van der Waals surface area (Å²) >= 11 is 0. The minimum absolute atomic E-state index is 0. The quantitative estimate of drug-likeness (QED) is 0.164. The van der Waals surface area contributed by atoms with Crippen LogP contribution in [0.15, 0.2) is 206 Å². The Balaban J connectivity index is 0.00000224. The van der Waals surface area contributed by atoms with Crippen molar-refractivity contribution in [1.29, 1.82) is 0 Å². The van der Waals surface area contributed by atoms with Crippen molar-refractivity contribution in [3.8, 4) is 39.1 Å². The molecule has 286 valence electrons. The maximum absolute atomic E-state index is 2.47. The van der Waals surface area contributed by atoms with Crippen molar-refractivity contribution in [3.05, 3.63) is 217 Å². The molecule has 1 heterocycles. The fourth-order valence-electron chi connectivity index (χ4n) is 9.32. The van der Waals surface area contributed by atoms with E-state index in [2.05, 4.69) is 230 Å². The zero-order chi connectivity index (χ0) is 38.1. The third-order valence-corrected chi connectivity index (χ3v) is 12.2. The Morgan fingerprint density at radius 1 is 0.390 bits per heavy atom. The van der Waals surface area contributed by atoms with Crippen molar-refractivity contribution in [2.45, 2.75) is 34.1 Å². The highest BCUT2D eigenvalue weighted by atomic mass is 15.1. The molecule has 0 unspecified atom stereocenters. The van der Waals surface area contributed by atoms with E-state index in [9.17, 15) is 0 Å². The molecule has 0 fully saturated rings. The minimum atomic E-state index is -0.225. The Morgan fingerprint density at radius 2 is 0.915 bits per heavy atom. The smallest absolute Gasteiger partial charge is 0.0541 e. The van der Waals surface area contributed by atoms with Gasteiger partial charge in [-0.1, -0.05) is 168 Å². The molecule has 0 amide bonds. The lowest BCUT2D eigenvalue weighted by Crippen LogP contribution is -2.17. The lowest BCUT2D eigenvalue weighted by atomic mass is 9.82. The van der Waals surface area contributed by atoms with Crippen LogP contribution in [0.5, 0.6) is 0 Å². The molecule has 0 saturated heterocycles. The van der Waals surface area contributed by atoms with Crippen LogP contribution in [-0.4, -0.2) is 4.57 Å². The van der Waals surface area contributed by atoms with Gasteiger partial charge in [-0.2, -0.15) is 0 Å². The second kappa shape index (κ2) is 14.7. The molecule has 0 N–H and O–H groups in total. The Morgan fingerprint density at radius 3 is 1.54 bits per heavy atom. The summed E-state index contributed by atoms with van der Waals surface area (Å²) in [7, 11) is 0. The van der Waals surface area contributed by atoms with Gasteiger partial charge >= 0.3 is 0 Å². The Kier molecular flexibility index (Phi) is 9.29. The van der Waals surface area contributed by atoms with Crippen LogP contribution in [0.1, 0.15) is 39.8 Å². The van der Waals surface area contributed by atoms with Crippen LogP contribution in [0.2, 0.25) is 0 Å². The lowest BCUT2D eigenvalue weighted by molar-refractivity contribution is 0.660. The van der Waals surface area contributed by atoms with Crippen LogP contribution in [0.25, 0.3) is 71.6 Å². The summed E-state index contributed by atoms with van der Waals surface area (Å²) in [5.41, 5.74) is 17.0. The second-order valence-electron chi connectivity index (χ2n) is 15.8. The molecule has 11 rings (SSSR count). The number of fused-ring (bicyclic) bond motifs is 7. The van der Waals surface area contributed by atoms with Gasteiger partial charge in [0.15, 0.2) is 0 Å². The monoisotopic (exact) mass is 760 g/mol. The van der Waals surface area contributed by atoms with E-state index >= 15 is 0 Å². The summed E-state index contributed by atoms with van der Waals surface area (Å²) in [6, 6.07) is 75.6. The van der Waals surface area contributed by atoms with Gasteiger partial charge in [-0.3, -0.25) is 0 Å². The SMILES string of the molecule is C.C.CC1(C)c2cc(N(c3ccccc3)c3cccc4ccccc34)ccc2-c2ccc(-n3c4ccc(-c5ccccc5)cc4c4cc(-c5ccccc5)ccc43)cc21. The van der Waals surface area contributed by atoms with Crippen LogP contribution >= 0.6 is 0 Å². The van der Waals surface area contributed by atoms with E-state index in [1.165, 1.54) is 88.5 Å². The first kappa shape index (κ1) is 37.4. The van der Waals surface area contributed by atoms with Crippen LogP contribution in [0.4, 0.5) is 17.1 Å². The Bertz CT molecular complexity index is 3040. The zero-order valence-electron chi connectivity index (χ0n) is 32.0. The van der Waals surface area contributed by atoms with E-state index in [0.29, 0.717) is 0 Å². The molecule has 1 aromatic heterocycles. The number of para-hydroxylation sites is 1. The highest BCUT2D eigenvalue weighted by Gasteiger charge is 2.36. The summed E-state index contributed by atoms with van der Waals surface area (Å²) in [5.74, 6) is 0. The zero-order valence-corrected chi connectivity index (χ0v) is 32.0. The van der Waals surface area contributed by atoms with E-state index in [1.54, 1.807) is 0 Å². The van der Waals surface area contributed by atoms with Crippen LogP contribution in [0, 0.1) is 0 Å². The van der Waals surface area contributed by atoms with Gasteiger partial charge in [-0.25, -0.2) is 0 Å². The largest absolute Gasteiger partial charge is 0.310 e. The molecule has 0 aliphatic heterocycles. The van der Waals surface area contributed by atoms with E-state index in [-0.39, 0.29) is 20.3 Å². The van der Waals surface area contributed by atoms with Gasteiger partial charge in [0.25, 0.3) is 0 Å². The molecule has 2 nitrogen and oxygen atoms in total. The molecule has 0 atom stereocenters. The van der Waals surface area contributed by atoms with Crippen molar-refractivity contribution < 1.29 is 0 Å². The Hall–Kier alpha value is -7.16. The lowest BCUT2D eigenvalue weighted by Gasteiger charge is -2.29. The summed E-state index contributed by atoms with van der Waals surface area (Å²) in [6.07, 6.45) is 0. The molecule has 0 spiro atoms. The van der Waals surface area contributed by atoms with Gasteiger partial charge in [-0.15, -0.1) is 0 Å². The normalized spacial score (nSPS) is 12.4. The maximum atomic E-state index is 2.47. The number of anilines is 3. The first-order valence-electron chi connectivity index (χ1n) is 19.8. The maximum Gasteiger partial charge on any atom is 0.0541 e. The van der Waals surface area contributed by atoms with Crippen molar-refractivity contribution >= 4 is 49.6 Å². The van der Waals surface area contributed by atoms with Crippen LogP contribution < -0.4 is 4.90 Å². The van der Waals surface area contributed by atoms with Gasteiger partial charge < -0.3 is 9.47 Å². The fourth-order valence-corrected chi connectivity index (χ4v) is 9.32. The molecule has 1 aliphatic carbocycles. The number of benzene rings is 9. The van der Waals surface area contributed by atoms with Crippen molar-refractivity contribution in [2.24, 2.45) is 0 Å². The number of rotatable bonds is 6. The van der Waals surface area contributed by atoms with Gasteiger partial charge in [0.2, 0.25) is 0 Å². The highest BCUT2D eigenvalue weighted by Crippen LogP contribution is 2.52. The first-order valence-corrected chi connectivity index (χ1v) is 19.8. The molecular formula is C57H48N2. The van der Waals surface area contributed by atoms with Crippen LogP contribution in [0.3, 0.4) is 0 Å². The van der Waals surface area contributed by atoms with Crippen LogP contribution in [-0.2, 0) is 5.41 Å². The van der Waals surface area contributed by atoms with E-state index in [0.717, 1.165) is 11.4 Å². The van der Waals surface area contributed by atoms with E-state index in [4.69, 9.17) is 0 Å². The average Bonchev–Trinajstić information content (AvgIpc) is 3.71. The number of aromatic nitrogens is 1.